The summed E-state index contributed by atoms with van der Waals surface area (Å²) in [6, 6.07) is 9.35. The molecule has 6 heteroatoms. The first-order chi connectivity index (χ1) is 10.0. The smallest absolute Gasteiger partial charge is 0.319 e. The molecule has 1 heterocycles. The Bertz CT molecular complexity index is 665. The van der Waals surface area contributed by atoms with E-state index in [0.717, 1.165) is 16.0 Å². The Hall–Kier alpha value is -2.34. The van der Waals surface area contributed by atoms with Crippen molar-refractivity contribution in [1.29, 1.82) is 0 Å². The van der Waals surface area contributed by atoms with Crippen molar-refractivity contribution in [2.75, 3.05) is 11.9 Å². The van der Waals surface area contributed by atoms with Crippen molar-refractivity contribution in [2.24, 2.45) is 5.73 Å². The maximum absolute atomic E-state index is 11.7. The summed E-state index contributed by atoms with van der Waals surface area (Å²) in [5.74, 6) is -0.544. The lowest BCUT2D eigenvalue weighted by Crippen LogP contribution is -2.28. The summed E-state index contributed by atoms with van der Waals surface area (Å²) >= 11 is 1.35. The molecule has 0 saturated carbocycles. The van der Waals surface area contributed by atoms with Crippen molar-refractivity contribution in [3.05, 3.63) is 41.5 Å². The fraction of sp³-hybridized carbons (Fsp3) is 0.200. The van der Waals surface area contributed by atoms with Gasteiger partial charge in [0, 0.05) is 11.4 Å². The number of rotatable bonds is 4. The van der Waals surface area contributed by atoms with E-state index in [-0.39, 0.29) is 6.03 Å². The monoisotopic (exact) mass is 303 g/mol. The summed E-state index contributed by atoms with van der Waals surface area (Å²) in [5.41, 5.74) is 7.59. The largest absolute Gasteiger partial charge is 0.365 e. The van der Waals surface area contributed by atoms with Crippen LogP contribution in [-0.4, -0.2) is 18.5 Å². The van der Waals surface area contributed by atoms with Gasteiger partial charge in [-0.2, -0.15) is 0 Å². The number of hydrogen-bond donors (Lipinski definition) is 3. The van der Waals surface area contributed by atoms with Gasteiger partial charge in [-0.3, -0.25) is 10.1 Å². The molecule has 0 saturated heterocycles. The lowest BCUT2D eigenvalue weighted by molar-refractivity contribution is 0.100. The Balaban J connectivity index is 2.46. The first-order valence-electron chi connectivity index (χ1n) is 6.58. The van der Waals surface area contributed by atoms with Crippen LogP contribution in [0, 0.1) is 6.92 Å². The van der Waals surface area contributed by atoms with E-state index in [9.17, 15) is 9.59 Å². The van der Waals surface area contributed by atoms with Crippen LogP contribution in [0.25, 0.3) is 10.4 Å². The van der Waals surface area contributed by atoms with Gasteiger partial charge in [0.25, 0.3) is 5.91 Å². The Labute approximate surface area is 127 Å². The van der Waals surface area contributed by atoms with Crippen LogP contribution in [0.3, 0.4) is 0 Å². The average Bonchev–Trinajstić information content (AvgIpc) is 2.76. The molecule has 3 amide bonds. The van der Waals surface area contributed by atoms with E-state index in [1.807, 2.05) is 44.2 Å². The van der Waals surface area contributed by atoms with E-state index in [2.05, 4.69) is 10.6 Å². The van der Waals surface area contributed by atoms with Gasteiger partial charge in [-0.1, -0.05) is 30.3 Å². The highest BCUT2D eigenvalue weighted by molar-refractivity contribution is 7.20. The molecule has 0 unspecified atom stereocenters. The number of nitrogens with one attached hydrogen (secondary N) is 2. The molecule has 0 aliphatic heterocycles. The normalized spacial score (nSPS) is 10.2. The van der Waals surface area contributed by atoms with Crippen LogP contribution < -0.4 is 16.4 Å². The summed E-state index contributed by atoms with van der Waals surface area (Å²) in [7, 11) is 0. The quantitative estimate of drug-likeness (QED) is 0.811. The molecule has 21 heavy (non-hydrogen) atoms. The number of carbonyl (C=O) groups excluding carboxylic acids is 2. The fourth-order valence-corrected chi connectivity index (χ4v) is 3.28. The number of primary amides is 1. The number of amides is 3. The van der Waals surface area contributed by atoms with E-state index in [1.165, 1.54) is 11.3 Å². The van der Waals surface area contributed by atoms with E-state index in [4.69, 9.17) is 5.73 Å². The summed E-state index contributed by atoms with van der Waals surface area (Å²) in [5, 5.41) is 5.80. The molecule has 0 aliphatic carbocycles. The zero-order chi connectivity index (χ0) is 15.4. The fourth-order valence-electron chi connectivity index (χ4n) is 2.07. The lowest BCUT2D eigenvalue weighted by Gasteiger charge is -2.05. The third kappa shape index (κ3) is 3.22. The van der Waals surface area contributed by atoms with E-state index >= 15 is 0 Å². The van der Waals surface area contributed by atoms with Crippen molar-refractivity contribution in [2.45, 2.75) is 13.8 Å². The third-order valence-electron chi connectivity index (χ3n) is 2.99. The van der Waals surface area contributed by atoms with Crippen molar-refractivity contribution in [1.82, 2.24) is 5.32 Å². The molecule has 0 spiro atoms. The van der Waals surface area contributed by atoms with Gasteiger partial charge in [0.05, 0.1) is 5.56 Å². The highest BCUT2D eigenvalue weighted by Crippen LogP contribution is 2.39. The van der Waals surface area contributed by atoms with E-state index in [0.29, 0.717) is 17.1 Å². The zero-order valence-corrected chi connectivity index (χ0v) is 12.7. The maximum atomic E-state index is 11.7. The Morgan fingerprint density at radius 1 is 1.24 bits per heavy atom. The van der Waals surface area contributed by atoms with Crippen molar-refractivity contribution < 1.29 is 9.59 Å². The van der Waals surface area contributed by atoms with E-state index < -0.39 is 5.91 Å². The second-order valence-corrected chi connectivity index (χ2v) is 5.50. The number of anilines is 1. The minimum Gasteiger partial charge on any atom is -0.365 e. The Morgan fingerprint density at radius 2 is 1.90 bits per heavy atom. The molecular formula is C15H17N3O2S. The first kappa shape index (κ1) is 15.1. The summed E-state index contributed by atoms with van der Waals surface area (Å²) in [4.78, 5) is 24.3. The minimum atomic E-state index is -0.544. The summed E-state index contributed by atoms with van der Waals surface area (Å²) < 4.78 is 0. The van der Waals surface area contributed by atoms with Crippen LogP contribution in [-0.2, 0) is 0 Å². The van der Waals surface area contributed by atoms with Crippen LogP contribution >= 0.6 is 11.3 Å². The second-order valence-electron chi connectivity index (χ2n) is 4.48. The van der Waals surface area contributed by atoms with Crippen molar-refractivity contribution in [3.8, 4) is 10.4 Å². The van der Waals surface area contributed by atoms with Crippen molar-refractivity contribution >= 4 is 28.3 Å². The molecule has 5 nitrogen and oxygen atoms in total. The number of carbonyl (C=O) groups is 2. The summed E-state index contributed by atoms with van der Waals surface area (Å²) in [6.45, 7) is 4.17. The molecule has 0 aliphatic rings. The average molecular weight is 303 g/mol. The molecule has 0 bridgehead atoms. The third-order valence-corrected chi connectivity index (χ3v) is 4.25. The predicted molar refractivity (Wildman–Crippen MR) is 85.7 cm³/mol. The Morgan fingerprint density at radius 3 is 2.48 bits per heavy atom. The molecule has 1 aromatic heterocycles. The molecule has 0 atom stereocenters. The van der Waals surface area contributed by atoms with Crippen LogP contribution in [0.4, 0.5) is 9.80 Å². The molecular weight excluding hydrogens is 286 g/mol. The van der Waals surface area contributed by atoms with Gasteiger partial charge in [-0.15, -0.1) is 11.3 Å². The molecule has 2 aromatic rings. The number of nitrogens with two attached hydrogens (primary N) is 1. The molecule has 1 aromatic carbocycles. The molecule has 110 valence electrons. The predicted octanol–water partition coefficient (Wildman–Crippen LogP) is 2.96. The SMILES string of the molecule is CCNC(=O)Nc1sc(-c2ccccc2)c(C)c1C(N)=O. The van der Waals surface area contributed by atoms with Gasteiger partial charge in [0.1, 0.15) is 5.00 Å². The highest BCUT2D eigenvalue weighted by atomic mass is 32.1. The van der Waals surface area contributed by atoms with Gasteiger partial charge in [-0.25, -0.2) is 4.79 Å². The van der Waals surface area contributed by atoms with Gasteiger partial charge in [0.2, 0.25) is 0 Å². The topological polar surface area (TPSA) is 84.2 Å². The van der Waals surface area contributed by atoms with Gasteiger partial charge >= 0.3 is 6.03 Å². The van der Waals surface area contributed by atoms with Crippen LogP contribution in [0.1, 0.15) is 22.8 Å². The number of benzene rings is 1. The second kappa shape index (κ2) is 6.41. The minimum absolute atomic E-state index is 0.346. The number of hydrogen-bond acceptors (Lipinski definition) is 3. The molecule has 2 rings (SSSR count). The lowest BCUT2D eigenvalue weighted by atomic mass is 10.1. The van der Waals surface area contributed by atoms with Gasteiger partial charge < -0.3 is 11.1 Å². The van der Waals surface area contributed by atoms with Gasteiger partial charge in [0.15, 0.2) is 0 Å². The number of urea groups is 1. The van der Waals surface area contributed by atoms with Gasteiger partial charge in [-0.05, 0) is 25.0 Å². The molecule has 4 N–H and O–H groups in total. The van der Waals surface area contributed by atoms with Crippen LogP contribution in [0.15, 0.2) is 30.3 Å². The van der Waals surface area contributed by atoms with Crippen LogP contribution in [0.2, 0.25) is 0 Å². The maximum Gasteiger partial charge on any atom is 0.319 e. The number of thiophene rings is 1. The summed E-state index contributed by atoms with van der Waals surface area (Å²) in [6.07, 6.45) is 0. The van der Waals surface area contributed by atoms with Crippen LogP contribution in [0.5, 0.6) is 0 Å². The zero-order valence-electron chi connectivity index (χ0n) is 11.9. The molecule has 0 fully saturated rings. The first-order valence-corrected chi connectivity index (χ1v) is 7.39. The Kier molecular flexibility index (Phi) is 4.59. The van der Waals surface area contributed by atoms with Crippen molar-refractivity contribution in [3.63, 3.8) is 0 Å². The molecule has 0 radical (unpaired) electrons. The highest BCUT2D eigenvalue weighted by Gasteiger charge is 2.21. The van der Waals surface area contributed by atoms with E-state index in [1.54, 1.807) is 0 Å². The standard InChI is InChI=1S/C15H17N3O2S/c1-3-17-15(20)18-14-11(13(16)19)9(2)12(21-14)10-7-5-4-6-8-10/h4-8H,3H2,1-2H3,(H2,16,19)(H2,17,18,20).